The molecule has 0 bridgehead atoms. The molecule has 7 heteroatoms. The van der Waals surface area contributed by atoms with E-state index in [2.05, 4.69) is 0 Å². The molecule has 0 spiro atoms. The van der Waals surface area contributed by atoms with Crippen molar-refractivity contribution in [1.82, 2.24) is 9.80 Å². The third-order valence-corrected chi connectivity index (χ3v) is 5.26. The van der Waals surface area contributed by atoms with E-state index >= 15 is 0 Å². The fourth-order valence-electron chi connectivity index (χ4n) is 3.51. The fraction of sp³-hybridized carbons (Fsp3) is 0.526. The van der Waals surface area contributed by atoms with Gasteiger partial charge in [-0.2, -0.15) is 0 Å². The van der Waals surface area contributed by atoms with E-state index in [-0.39, 0.29) is 36.0 Å². The molecule has 1 atom stereocenters. The van der Waals surface area contributed by atoms with Crippen LogP contribution in [-0.2, 0) is 14.4 Å². The van der Waals surface area contributed by atoms with Crippen LogP contribution in [0.15, 0.2) is 24.3 Å². The molecule has 1 aromatic carbocycles. The first kappa shape index (κ1) is 18.7. The zero-order chi connectivity index (χ0) is 18.8. The van der Waals surface area contributed by atoms with E-state index in [0.717, 1.165) is 5.69 Å². The molecule has 0 unspecified atom stereocenters. The van der Waals surface area contributed by atoms with Crippen LogP contribution in [0.4, 0.5) is 5.69 Å². The molecule has 0 aliphatic carbocycles. The molecule has 2 heterocycles. The van der Waals surface area contributed by atoms with Crippen LogP contribution in [0, 0.1) is 11.8 Å². The summed E-state index contributed by atoms with van der Waals surface area (Å²) in [4.78, 5) is 42.5. The average Bonchev–Trinajstić information content (AvgIpc) is 3.03. The van der Waals surface area contributed by atoms with Gasteiger partial charge in [-0.05, 0) is 24.3 Å². The van der Waals surface area contributed by atoms with Gasteiger partial charge in [-0.15, -0.1) is 0 Å². The van der Waals surface area contributed by atoms with Crippen LogP contribution in [0.3, 0.4) is 0 Å². The predicted molar refractivity (Wildman–Crippen MR) is 99.9 cm³/mol. The third kappa shape index (κ3) is 3.85. The summed E-state index contributed by atoms with van der Waals surface area (Å²) in [6.07, 6.45) is 0.229. The van der Waals surface area contributed by atoms with Gasteiger partial charge >= 0.3 is 0 Å². The molecular formula is C19H24ClN3O3. The van der Waals surface area contributed by atoms with Crippen molar-refractivity contribution in [2.45, 2.75) is 20.3 Å². The quantitative estimate of drug-likeness (QED) is 0.809. The molecule has 0 aromatic heterocycles. The van der Waals surface area contributed by atoms with Gasteiger partial charge in [0.2, 0.25) is 17.7 Å². The molecule has 3 amide bonds. The number of nitrogens with zero attached hydrogens (tertiary/aromatic N) is 3. The Balaban J connectivity index is 1.59. The molecule has 0 saturated carbocycles. The van der Waals surface area contributed by atoms with Gasteiger partial charge in [-0.1, -0.05) is 25.4 Å². The topological polar surface area (TPSA) is 60.9 Å². The number of benzene rings is 1. The number of hydrogen-bond donors (Lipinski definition) is 0. The smallest absolute Gasteiger partial charge is 0.228 e. The van der Waals surface area contributed by atoms with E-state index in [0.29, 0.717) is 37.7 Å². The highest BCUT2D eigenvalue weighted by Crippen LogP contribution is 2.27. The Kier molecular flexibility index (Phi) is 5.51. The second-order valence-electron chi connectivity index (χ2n) is 7.19. The molecule has 6 nitrogen and oxygen atoms in total. The lowest BCUT2D eigenvalue weighted by atomic mass is 10.1. The Morgan fingerprint density at radius 1 is 1.04 bits per heavy atom. The molecule has 3 rings (SSSR count). The Morgan fingerprint density at radius 3 is 2.19 bits per heavy atom. The maximum atomic E-state index is 12.8. The van der Waals surface area contributed by atoms with Crippen LogP contribution in [0.25, 0.3) is 0 Å². The first-order valence-electron chi connectivity index (χ1n) is 9.00. The van der Waals surface area contributed by atoms with Gasteiger partial charge in [0.15, 0.2) is 0 Å². The number of amides is 3. The summed E-state index contributed by atoms with van der Waals surface area (Å²) in [5.74, 6) is -0.268. The van der Waals surface area contributed by atoms with Crippen molar-refractivity contribution in [3.8, 4) is 0 Å². The van der Waals surface area contributed by atoms with Crippen molar-refractivity contribution in [3.05, 3.63) is 29.3 Å². The minimum absolute atomic E-state index is 0.00598. The first-order chi connectivity index (χ1) is 12.4. The van der Waals surface area contributed by atoms with Crippen LogP contribution in [0.5, 0.6) is 0 Å². The largest absolute Gasteiger partial charge is 0.339 e. The van der Waals surface area contributed by atoms with Crippen molar-refractivity contribution in [3.63, 3.8) is 0 Å². The van der Waals surface area contributed by atoms with E-state index in [1.165, 1.54) is 0 Å². The number of piperazine rings is 1. The van der Waals surface area contributed by atoms with Crippen molar-refractivity contribution < 1.29 is 14.4 Å². The lowest BCUT2D eigenvalue weighted by Gasteiger charge is -2.36. The number of carbonyl (C=O) groups is 3. The average molecular weight is 378 g/mol. The van der Waals surface area contributed by atoms with E-state index < -0.39 is 0 Å². The van der Waals surface area contributed by atoms with Crippen LogP contribution in [0.1, 0.15) is 20.3 Å². The van der Waals surface area contributed by atoms with Gasteiger partial charge < -0.3 is 14.7 Å². The Labute approximate surface area is 158 Å². The van der Waals surface area contributed by atoms with Gasteiger partial charge in [0.1, 0.15) is 0 Å². The van der Waals surface area contributed by atoms with Gasteiger partial charge in [0.05, 0.1) is 5.92 Å². The lowest BCUT2D eigenvalue weighted by molar-refractivity contribution is -0.143. The SMILES string of the molecule is CC(C)C(=O)N1CCN(C(=O)[C@H]2CC(=O)N(c3ccc(Cl)cc3)C2)CC1. The Morgan fingerprint density at radius 2 is 1.62 bits per heavy atom. The third-order valence-electron chi connectivity index (χ3n) is 5.01. The molecule has 26 heavy (non-hydrogen) atoms. The van der Waals surface area contributed by atoms with Crippen molar-refractivity contribution in [2.24, 2.45) is 11.8 Å². The minimum atomic E-state index is -0.328. The molecule has 0 radical (unpaired) electrons. The Bertz CT molecular complexity index is 696. The molecule has 2 fully saturated rings. The van der Waals surface area contributed by atoms with Gasteiger partial charge in [0.25, 0.3) is 0 Å². The molecule has 140 valence electrons. The van der Waals surface area contributed by atoms with Crippen LogP contribution >= 0.6 is 11.6 Å². The summed E-state index contributed by atoms with van der Waals surface area (Å²) in [6, 6.07) is 7.07. The summed E-state index contributed by atoms with van der Waals surface area (Å²) in [6.45, 7) is 6.34. The summed E-state index contributed by atoms with van der Waals surface area (Å²) < 4.78 is 0. The van der Waals surface area contributed by atoms with E-state index in [9.17, 15) is 14.4 Å². The molecule has 2 saturated heterocycles. The second-order valence-corrected chi connectivity index (χ2v) is 7.62. The second kappa shape index (κ2) is 7.66. The summed E-state index contributed by atoms with van der Waals surface area (Å²) in [7, 11) is 0. The molecule has 2 aliphatic heterocycles. The summed E-state index contributed by atoms with van der Waals surface area (Å²) in [5, 5.41) is 0.613. The number of halogens is 1. The minimum Gasteiger partial charge on any atom is -0.339 e. The standard InChI is InChI=1S/C19H24ClN3O3/c1-13(2)18(25)21-7-9-22(10-8-21)19(26)14-11-17(24)23(12-14)16-5-3-15(20)4-6-16/h3-6,13-14H,7-12H2,1-2H3/t14-/m0/s1. The Hall–Kier alpha value is -2.08. The van der Waals surface area contributed by atoms with Gasteiger partial charge in [0, 0.05) is 55.8 Å². The number of anilines is 1. The van der Waals surface area contributed by atoms with Crippen molar-refractivity contribution in [1.29, 1.82) is 0 Å². The van der Waals surface area contributed by atoms with Crippen LogP contribution < -0.4 is 4.90 Å². The van der Waals surface area contributed by atoms with E-state index in [4.69, 9.17) is 11.6 Å². The van der Waals surface area contributed by atoms with Crippen LogP contribution in [0.2, 0.25) is 5.02 Å². The highest BCUT2D eigenvalue weighted by molar-refractivity contribution is 6.30. The maximum Gasteiger partial charge on any atom is 0.228 e. The molecule has 2 aliphatic rings. The lowest BCUT2D eigenvalue weighted by Crippen LogP contribution is -2.53. The van der Waals surface area contributed by atoms with E-state index in [1.54, 1.807) is 34.1 Å². The van der Waals surface area contributed by atoms with Crippen LogP contribution in [-0.4, -0.2) is 60.2 Å². The summed E-state index contributed by atoms with van der Waals surface area (Å²) >= 11 is 5.90. The van der Waals surface area contributed by atoms with Crippen molar-refractivity contribution in [2.75, 3.05) is 37.6 Å². The first-order valence-corrected chi connectivity index (χ1v) is 9.38. The highest BCUT2D eigenvalue weighted by Gasteiger charge is 2.38. The van der Waals surface area contributed by atoms with Gasteiger partial charge in [-0.25, -0.2) is 0 Å². The zero-order valence-corrected chi connectivity index (χ0v) is 15.9. The predicted octanol–water partition coefficient (Wildman–Crippen LogP) is 2.02. The summed E-state index contributed by atoms with van der Waals surface area (Å²) in [5.41, 5.74) is 0.766. The zero-order valence-electron chi connectivity index (χ0n) is 15.2. The van der Waals surface area contributed by atoms with E-state index in [1.807, 2.05) is 18.7 Å². The number of rotatable bonds is 3. The van der Waals surface area contributed by atoms with Crippen molar-refractivity contribution >= 4 is 35.0 Å². The number of carbonyl (C=O) groups excluding carboxylic acids is 3. The van der Waals surface area contributed by atoms with Gasteiger partial charge in [-0.3, -0.25) is 14.4 Å². The molecular weight excluding hydrogens is 354 g/mol. The number of hydrogen-bond acceptors (Lipinski definition) is 3. The normalized spacial score (nSPS) is 20.8. The molecule has 0 N–H and O–H groups in total. The molecule has 1 aromatic rings. The maximum absolute atomic E-state index is 12.8. The fourth-order valence-corrected chi connectivity index (χ4v) is 3.64. The highest BCUT2D eigenvalue weighted by atomic mass is 35.5. The monoisotopic (exact) mass is 377 g/mol.